The molecule has 0 saturated heterocycles. The van der Waals surface area contributed by atoms with Crippen LogP contribution in [-0.2, 0) is 4.79 Å². The fourth-order valence-electron chi connectivity index (χ4n) is 2.03. The van der Waals surface area contributed by atoms with Crippen molar-refractivity contribution < 1.29 is 9.18 Å². The number of allylic oxidation sites excluding steroid dienone is 2. The topological polar surface area (TPSA) is 17.1 Å². The normalized spacial score (nSPS) is 16.9. The maximum atomic E-state index is 13.1. The van der Waals surface area contributed by atoms with Crippen molar-refractivity contribution >= 4 is 11.4 Å². The molecule has 1 nitrogen and oxygen atoms in total. The summed E-state index contributed by atoms with van der Waals surface area (Å²) < 4.78 is 13.1. The molecule has 0 aromatic heterocycles. The van der Waals surface area contributed by atoms with E-state index in [0.29, 0.717) is 12.0 Å². The van der Waals surface area contributed by atoms with Crippen molar-refractivity contribution in [1.82, 2.24) is 0 Å². The Balaban J connectivity index is 2.35. The molecule has 0 aliphatic heterocycles. The van der Waals surface area contributed by atoms with Gasteiger partial charge in [0, 0.05) is 6.42 Å². The summed E-state index contributed by atoms with van der Waals surface area (Å²) in [6.07, 6.45) is 5.27. The first kappa shape index (κ1) is 11.1. The van der Waals surface area contributed by atoms with E-state index < -0.39 is 0 Å². The van der Waals surface area contributed by atoms with Crippen LogP contribution in [-0.4, -0.2) is 5.78 Å². The van der Waals surface area contributed by atoms with Crippen LogP contribution in [0.5, 0.6) is 0 Å². The van der Waals surface area contributed by atoms with Gasteiger partial charge in [0.05, 0.1) is 0 Å². The summed E-state index contributed by atoms with van der Waals surface area (Å²) in [5, 5.41) is 0. The van der Waals surface area contributed by atoms with Crippen LogP contribution in [0.15, 0.2) is 24.3 Å². The number of hydrogen-bond acceptors (Lipinski definition) is 1. The molecule has 0 bridgehead atoms. The Morgan fingerprint density at radius 3 is 2.69 bits per heavy atom. The first-order valence-electron chi connectivity index (χ1n) is 5.67. The van der Waals surface area contributed by atoms with Crippen molar-refractivity contribution in [3.8, 4) is 0 Å². The highest BCUT2D eigenvalue weighted by Crippen LogP contribution is 2.25. The number of benzene rings is 1. The molecule has 1 aromatic carbocycles. The van der Waals surface area contributed by atoms with Gasteiger partial charge in [-0.05, 0) is 61.1 Å². The smallest absolute Gasteiger partial charge is 0.155 e. The molecule has 16 heavy (non-hydrogen) atoms. The van der Waals surface area contributed by atoms with E-state index in [2.05, 4.69) is 0 Å². The summed E-state index contributed by atoms with van der Waals surface area (Å²) in [7, 11) is 0. The van der Waals surface area contributed by atoms with Gasteiger partial charge in [0.25, 0.3) is 0 Å². The van der Waals surface area contributed by atoms with E-state index in [0.717, 1.165) is 30.4 Å². The Bertz CT molecular complexity index is 446. The van der Waals surface area contributed by atoms with Crippen LogP contribution < -0.4 is 0 Å². The summed E-state index contributed by atoms with van der Waals surface area (Å²) >= 11 is 0. The summed E-state index contributed by atoms with van der Waals surface area (Å²) in [4.78, 5) is 11.5. The molecule has 0 N–H and O–H groups in total. The van der Waals surface area contributed by atoms with E-state index in [1.807, 2.05) is 6.07 Å². The first-order valence-corrected chi connectivity index (χ1v) is 5.67. The average molecular weight is 218 g/mol. The van der Waals surface area contributed by atoms with E-state index in [9.17, 15) is 9.18 Å². The van der Waals surface area contributed by atoms with Gasteiger partial charge in [0.15, 0.2) is 5.78 Å². The molecular weight excluding hydrogens is 203 g/mol. The van der Waals surface area contributed by atoms with Crippen molar-refractivity contribution in [2.24, 2.45) is 0 Å². The summed E-state index contributed by atoms with van der Waals surface area (Å²) in [6, 6.07) is 5.05. The molecule has 0 atom stereocenters. The van der Waals surface area contributed by atoms with Gasteiger partial charge in [-0.25, -0.2) is 4.39 Å². The number of rotatable bonds is 1. The van der Waals surface area contributed by atoms with Gasteiger partial charge in [-0.15, -0.1) is 0 Å². The minimum Gasteiger partial charge on any atom is -0.295 e. The van der Waals surface area contributed by atoms with Gasteiger partial charge in [-0.3, -0.25) is 4.79 Å². The molecule has 0 unspecified atom stereocenters. The highest BCUT2D eigenvalue weighted by molar-refractivity contribution is 5.97. The summed E-state index contributed by atoms with van der Waals surface area (Å²) in [6.45, 7) is 1.75. The third-order valence-corrected chi connectivity index (χ3v) is 2.98. The summed E-state index contributed by atoms with van der Waals surface area (Å²) in [5.41, 5.74) is 2.66. The lowest BCUT2D eigenvalue weighted by Gasteiger charge is -2.06. The van der Waals surface area contributed by atoms with Gasteiger partial charge >= 0.3 is 0 Å². The van der Waals surface area contributed by atoms with Crippen LogP contribution in [0.25, 0.3) is 5.57 Å². The zero-order chi connectivity index (χ0) is 11.5. The quantitative estimate of drug-likeness (QED) is 0.703. The number of carbonyl (C=O) groups excluding carboxylic acids is 1. The van der Waals surface area contributed by atoms with Gasteiger partial charge in [0.1, 0.15) is 5.82 Å². The molecule has 0 heterocycles. The molecule has 0 amide bonds. The summed E-state index contributed by atoms with van der Waals surface area (Å²) in [5.74, 6) is -0.00113. The fourth-order valence-corrected chi connectivity index (χ4v) is 2.03. The molecule has 2 heteroatoms. The minimum atomic E-state index is -0.190. The van der Waals surface area contributed by atoms with Crippen LogP contribution in [0.3, 0.4) is 0 Å². The molecule has 0 saturated carbocycles. The Kier molecular flexibility index (Phi) is 3.18. The molecule has 1 aromatic rings. The zero-order valence-corrected chi connectivity index (χ0v) is 9.42. The van der Waals surface area contributed by atoms with Crippen molar-refractivity contribution in [3.63, 3.8) is 0 Å². The number of aryl methyl sites for hydroxylation is 1. The van der Waals surface area contributed by atoms with Gasteiger partial charge in [-0.1, -0.05) is 6.07 Å². The van der Waals surface area contributed by atoms with Crippen molar-refractivity contribution in [2.75, 3.05) is 0 Å². The third-order valence-electron chi connectivity index (χ3n) is 2.98. The maximum Gasteiger partial charge on any atom is 0.155 e. The van der Waals surface area contributed by atoms with Crippen molar-refractivity contribution in [1.29, 1.82) is 0 Å². The lowest BCUT2D eigenvalue weighted by molar-refractivity contribution is -0.114. The van der Waals surface area contributed by atoms with Gasteiger partial charge < -0.3 is 0 Å². The Morgan fingerprint density at radius 1 is 1.19 bits per heavy atom. The second kappa shape index (κ2) is 4.60. The van der Waals surface area contributed by atoms with E-state index in [1.54, 1.807) is 19.1 Å². The van der Waals surface area contributed by atoms with Crippen LogP contribution >= 0.6 is 0 Å². The Labute approximate surface area is 95.0 Å². The SMILES string of the molecule is Cc1cc(C2=CC(=O)CCCC2)ccc1F. The molecule has 0 fully saturated rings. The van der Waals surface area contributed by atoms with Gasteiger partial charge in [0.2, 0.25) is 0 Å². The van der Waals surface area contributed by atoms with E-state index in [4.69, 9.17) is 0 Å². The molecule has 1 aliphatic carbocycles. The lowest BCUT2D eigenvalue weighted by atomic mass is 9.99. The first-order chi connectivity index (χ1) is 7.66. The number of carbonyl (C=O) groups is 1. The van der Waals surface area contributed by atoms with Gasteiger partial charge in [-0.2, -0.15) is 0 Å². The minimum absolute atomic E-state index is 0.189. The highest BCUT2D eigenvalue weighted by atomic mass is 19.1. The Hall–Kier alpha value is -1.44. The van der Waals surface area contributed by atoms with Crippen molar-refractivity contribution in [2.45, 2.75) is 32.6 Å². The van der Waals surface area contributed by atoms with Crippen LogP contribution in [0, 0.1) is 12.7 Å². The Morgan fingerprint density at radius 2 is 1.94 bits per heavy atom. The third kappa shape index (κ3) is 2.38. The van der Waals surface area contributed by atoms with E-state index in [1.165, 1.54) is 6.07 Å². The van der Waals surface area contributed by atoms with E-state index in [-0.39, 0.29) is 11.6 Å². The molecule has 0 spiro atoms. The highest BCUT2D eigenvalue weighted by Gasteiger charge is 2.10. The second-order valence-corrected chi connectivity index (χ2v) is 4.31. The molecule has 1 aliphatic rings. The molecular formula is C14H15FO. The second-order valence-electron chi connectivity index (χ2n) is 4.31. The van der Waals surface area contributed by atoms with Crippen LogP contribution in [0.1, 0.15) is 36.8 Å². The lowest BCUT2D eigenvalue weighted by Crippen LogP contribution is -1.92. The zero-order valence-electron chi connectivity index (χ0n) is 9.42. The largest absolute Gasteiger partial charge is 0.295 e. The standard InChI is InChI=1S/C14H15FO/c1-10-8-12(6-7-14(10)15)11-4-2-3-5-13(16)9-11/h6-9H,2-5H2,1H3. The van der Waals surface area contributed by atoms with Crippen LogP contribution in [0.2, 0.25) is 0 Å². The predicted octanol–water partition coefficient (Wildman–Crippen LogP) is 3.66. The maximum absolute atomic E-state index is 13.1. The molecule has 0 radical (unpaired) electrons. The monoisotopic (exact) mass is 218 g/mol. The number of halogens is 1. The molecule has 2 rings (SSSR count). The number of hydrogen-bond donors (Lipinski definition) is 0. The average Bonchev–Trinajstić information content (AvgIpc) is 2.47. The van der Waals surface area contributed by atoms with E-state index >= 15 is 0 Å². The fraction of sp³-hybridized carbons (Fsp3) is 0.357. The van der Waals surface area contributed by atoms with Crippen LogP contribution in [0.4, 0.5) is 4.39 Å². The molecule has 84 valence electrons. The number of ketones is 1. The van der Waals surface area contributed by atoms with Crippen molar-refractivity contribution in [3.05, 3.63) is 41.2 Å². The predicted molar refractivity (Wildman–Crippen MR) is 62.6 cm³/mol.